The summed E-state index contributed by atoms with van der Waals surface area (Å²) in [5.41, 5.74) is 6.46. The maximum Gasteiger partial charge on any atom is 0.261 e. The molecule has 5 heteroatoms. The first kappa shape index (κ1) is 14.1. The van der Waals surface area contributed by atoms with Gasteiger partial charge in [-0.05, 0) is 44.9 Å². The molecular weight excluding hydrogens is 252 g/mol. The number of anilines is 1. The molecule has 0 saturated carbocycles. The van der Waals surface area contributed by atoms with Crippen molar-refractivity contribution in [2.45, 2.75) is 33.2 Å². The molecule has 0 saturated heterocycles. The van der Waals surface area contributed by atoms with Crippen molar-refractivity contribution < 1.29 is 0 Å². The highest BCUT2D eigenvalue weighted by molar-refractivity contribution is 5.80. The SMILES string of the molecule is CC(C)(C#N)CCCn1cnc2ccc(N)cc2c1=O. The highest BCUT2D eigenvalue weighted by Crippen LogP contribution is 2.20. The van der Waals surface area contributed by atoms with Gasteiger partial charge in [-0.1, -0.05) is 0 Å². The van der Waals surface area contributed by atoms with Crippen molar-refractivity contribution in [3.63, 3.8) is 0 Å². The van der Waals surface area contributed by atoms with Crippen LogP contribution in [0.1, 0.15) is 26.7 Å². The van der Waals surface area contributed by atoms with Gasteiger partial charge < -0.3 is 5.73 Å². The van der Waals surface area contributed by atoms with E-state index in [1.165, 1.54) is 0 Å². The van der Waals surface area contributed by atoms with Gasteiger partial charge in [0, 0.05) is 12.2 Å². The molecular formula is C15H18N4O. The van der Waals surface area contributed by atoms with Crippen LogP contribution in [0, 0.1) is 16.7 Å². The second-order valence-electron chi connectivity index (χ2n) is 5.62. The Bertz CT molecular complexity index is 725. The molecule has 0 amide bonds. The van der Waals surface area contributed by atoms with E-state index in [0.717, 1.165) is 12.8 Å². The van der Waals surface area contributed by atoms with E-state index in [4.69, 9.17) is 11.0 Å². The van der Waals surface area contributed by atoms with Crippen molar-refractivity contribution in [1.82, 2.24) is 9.55 Å². The quantitative estimate of drug-likeness (QED) is 0.864. The van der Waals surface area contributed by atoms with E-state index in [0.29, 0.717) is 23.1 Å². The molecule has 0 fully saturated rings. The molecule has 0 atom stereocenters. The van der Waals surface area contributed by atoms with Crippen LogP contribution in [-0.4, -0.2) is 9.55 Å². The van der Waals surface area contributed by atoms with Gasteiger partial charge in [-0.3, -0.25) is 9.36 Å². The topological polar surface area (TPSA) is 84.7 Å². The third-order valence-corrected chi connectivity index (χ3v) is 3.35. The first-order valence-electron chi connectivity index (χ1n) is 6.59. The van der Waals surface area contributed by atoms with E-state index < -0.39 is 0 Å². The molecule has 0 aliphatic rings. The van der Waals surface area contributed by atoms with Crippen LogP contribution in [0.15, 0.2) is 29.3 Å². The van der Waals surface area contributed by atoms with Crippen LogP contribution >= 0.6 is 0 Å². The Balaban J connectivity index is 2.22. The minimum absolute atomic E-state index is 0.0861. The predicted molar refractivity (Wildman–Crippen MR) is 79.0 cm³/mol. The van der Waals surface area contributed by atoms with Crippen LogP contribution in [0.4, 0.5) is 5.69 Å². The normalized spacial score (nSPS) is 11.4. The molecule has 20 heavy (non-hydrogen) atoms. The lowest BCUT2D eigenvalue weighted by Gasteiger charge is -2.15. The Labute approximate surface area is 117 Å². The molecule has 0 spiro atoms. The number of nitrogens with two attached hydrogens (primary N) is 1. The lowest BCUT2D eigenvalue weighted by Crippen LogP contribution is -2.21. The van der Waals surface area contributed by atoms with Gasteiger partial charge in [-0.15, -0.1) is 0 Å². The minimum atomic E-state index is -0.363. The number of benzene rings is 1. The van der Waals surface area contributed by atoms with E-state index in [1.807, 2.05) is 13.8 Å². The Kier molecular flexibility index (Phi) is 3.75. The largest absolute Gasteiger partial charge is 0.399 e. The van der Waals surface area contributed by atoms with Crippen LogP contribution in [-0.2, 0) is 6.54 Å². The fourth-order valence-electron chi connectivity index (χ4n) is 2.08. The van der Waals surface area contributed by atoms with Gasteiger partial charge in [0.1, 0.15) is 0 Å². The number of fused-ring (bicyclic) bond motifs is 1. The summed E-state index contributed by atoms with van der Waals surface area (Å²) in [5.74, 6) is 0. The summed E-state index contributed by atoms with van der Waals surface area (Å²) in [5, 5.41) is 9.51. The van der Waals surface area contributed by atoms with Gasteiger partial charge in [0.2, 0.25) is 0 Å². The van der Waals surface area contributed by atoms with Gasteiger partial charge in [-0.25, -0.2) is 4.98 Å². The van der Waals surface area contributed by atoms with Crippen molar-refractivity contribution >= 4 is 16.6 Å². The zero-order chi connectivity index (χ0) is 14.8. The molecule has 2 aromatic rings. The van der Waals surface area contributed by atoms with Gasteiger partial charge in [-0.2, -0.15) is 5.26 Å². The van der Waals surface area contributed by atoms with Crippen molar-refractivity contribution in [2.75, 3.05) is 5.73 Å². The summed E-state index contributed by atoms with van der Waals surface area (Å²) in [6, 6.07) is 7.39. The van der Waals surface area contributed by atoms with Gasteiger partial charge >= 0.3 is 0 Å². The van der Waals surface area contributed by atoms with Crippen molar-refractivity contribution in [1.29, 1.82) is 5.26 Å². The second-order valence-corrected chi connectivity index (χ2v) is 5.62. The number of hydrogen-bond acceptors (Lipinski definition) is 4. The number of aromatic nitrogens is 2. The minimum Gasteiger partial charge on any atom is -0.399 e. The molecule has 5 nitrogen and oxygen atoms in total. The number of nitriles is 1. The van der Waals surface area contributed by atoms with Crippen molar-refractivity contribution in [2.24, 2.45) is 5.41 Å². The van der Waals surface area contributed by atoms with E-state index >= 15 is 0 Å². The first-order chi connectivity index (χ1) is 9.43. The van der Waals surface area contributed by atoms with E-state index in [-0.39, 0.29) is 11.0 Å². The number of aryl methyl sites for hydroxylation is 1. The van der Waals surface area contributed by atoms with E-state index in [2.05, 4.69) is 11.1 Å². The third kappa shape index (κ3) is 2.97. The van der Waals surface area contributed by atoms with Gasteiger partial charge in [0.25, 0.3) is 5.56 Å². The Morgan fingerprint density at radius 1 is 1.45 bits per heavy atom. The molecule has 0 aliphatic carbocycles. The lowest BCUT2D eigenvalue weighted by molar-refractivity contribution is 0.413. The summed E-state index contributed by atoms with van der Waals surface area (Å²) in [6.07, 6.45) is 3.06. The number of hydrogen-bond donors (Lipinski definition) is 1. The van der Waals surface area contributed by atoms with Gasteiger partial charge in [0.15, 0.2) is 0 Å². The molecule has 0 bridgehead atoms. The summed E-state index contributed by atoms with van der Waals surface area (Å²) in [7, 11) is 0. The zero-order valence-electron chi connectivity index (χ0n) is 11.8. The first-order valence-corrected chi connectivity index (χ1v) is 6.59. The number of nitrogen functional groups attached to an aromatic ring is 1. The smallest absolute Gasteiger partial charge is 0.261 e. The highest BCUT2D eigenvalue weighted by atomic mass is 16.1. The number of rotatable bonds is 4. The predicted octanol–water partition coefficient (Wildman–Crippen LogP) is 2.31. The Morgan fingerprint density at radius 3 is 2.90 bits per heavy atom. The maximum atomic E-state index is 12.3. The molecule has 1 heterocycles. The molecule has 1 aromatic heterocycles. The van der Waals surface area contributed by atoms with Crippen LogP contribution in [0.25, 0.3) is 10.9 Å². The monoisotopic (exact) mass is 270 g/mol. The number of nitrogens with zero attached hydrogens (tertiary/aromatic N) is 3. The fourth-order valence-corrected chi connectivity index (χ4v) is 2.08. The van der Waals surface area contributed by atoms with E-state index in [1.54, 1.807) is 29.1 Å². The van der Waals surface area contributed by atoms with Crippen LogP contribution < -0.4 is 11.3 Å². The third-order valence-electron chi connectivity index (χ3n) is 3.35. The Morgan fingerprint density at radius 2 is 2.20 bits per heavy atom. The standard InChI is InChI=1S/C15H18N4O/c1-15(2,9-16)6-3-7-19-10-18-13-5-4-11(17)8-12(13)14(19)20/h4-5,8,10H,3,6-7,17H2,1-2H3. The van der Waals surface area contributed by atoms with Gasteiger partial charge in [0.05, 0.1) is 28.7 Å². The van der Waals surface area contributed by atoms with E-state index in [9.17, 15) is 4.79 Å². The molecule has 2 N–H and O–H groups in total. The average molecular weight is 270 g/mol. The molecule has 0 unspecified atom stereocenters. The highest BCUT2D eigenvalue weighted by Gasteiger charge is 2.16. The molecule has 0 aliphatic heterocycles. The summed E-state index contributed by atoms with van der Waals surface area (Å²) >= 11 is 0. The Hall–Kier alpha value is -2.35. The van der Waals surface area contributed by atoms with Crippen molar-refractivity contribution in [3.05, 3.63) is 34.9 Å². The molecule has 104 valence electrons. The maximum absolute atomic E-state index is 12.3. The second kappa shape index (κ2) is 5.33. The van der Waals surface area contributed by atoms with Crippen LogP contribution in [0.2, 0.25) is 0 Å². The average Bonchev–Trinajstić information content (AvgIpc) is 2.42. The van der Waals surface area contributed by atoms with Crippen LogP contribution in [0.3, 0.4) is 0 Å². The summed E-state index contributed by atoms with van der Waals surface area (Å²) in [4.78, 5) is 16.6. The van der Waals surface area contributed by atoms with Crippen LogP contribution in [0.5, 0.6) is 0 Å². The lowest BCUT2D eigenvalue weighted by atomic mass is 9.90. The fraction of sp³-hybridized carbons (Fsp3) is 0.400. The van der Waals surface area contributed by atoms with Crippen molar-refractivity contribution in [3.8, 4) is 6.07 Å². The summed E-state index contributed by atoms with van der Waals surface area (Å²) < 4.78 is 1.58. The summed E-state index contributed by atoms with van der Waals surface area (Å²) in [6.45, 7) is 4.35. The molecule has 0 radical (unpaired) electrons. The molecule has 1 aromatic carbocycles. The zero-order valence-corrected chi connectivity index (χ0v) is 11.8. The molecule has 2 rings (SSSR count).